The van der Waals surface area contributed by atoms with Crippen LogP contribution in [-0.4, -0.2) is 9.97 Å². The Morgan fingerprint density at radius 2 is 1.79 bits per heavy atom. The Kier molecular flexibility index (Phi) is 2.78. The molecule has 0 fully saturated rings. The lowest BCUT2D eigenvalue weighted by atomic mass is 10.0. The van der Waals surface area contributed by atoms with Crippen LogP contribution in [0.15, 0.2) is 42.5 Å². The van der Waals surface area contributed by atoms with Crippen LogP contribution in [0.1, 0.15) is 24.2 Å². The molecule has 0 saturated carbocycles. The third-order valence-corrected chi connectivity index (χ3v) is 3.27. The van der Waals surface area contributed by atoms with Crippen LogP contribution in [-0.2, 0) is 0 Å². The number of nitrogens with zero attached hydrogens (tertiary/aromatic N) is 1. The molecule has 3 aromatic rings. The van der Waals surface area contributed by atoms with E-state index in [2.05, 4.69) is 9.97 Å². The predicted octanol–water partition coefficient (Wildman–Crippen LogP) is 3.99. The van der Waals surface area contributed by atoms with E-state index in [-0.39, 0.29) is 11.4 Å². The average Bonchev–Trinajstić information content (AvgIpc) is 2.88. The second-order valence-corrected chi connectivity index (χ2v) is 4.51. The molecule has 1 aromatic heterocycles. The summed E-state index contributed by atoms with van der Waals surface area (Å²) in [5, 5.41) is 0. The van der Waals surface area contributed by atoms with E-state index in [1.54, 1.807) is 0 Å². The number of benzene rings is 2. The standard InChI is InChI=1S/C15H12F2N2/c1-9(10-5-3-2-4-6-10)15-18-12-8-7-11(16)13(17)14(12)19-15/h2-9H,1H3,(H,18,19). The molecule has 0 radical (unpaired) electrons. The lowest BCUT2D eigenvalue weighted by molar-refractivity contribution is 0.515. The van der Waals surface area contributed by atoms with Crippen molar-refractivity contribution in [1.82, 2.24) is 9.97 Å². The monoisotopic (exact) mass is 258 g/mol. The van der Waals surface area contributed by atoms with Crippen molar-refractivity contribution in [3.05, 3.63) is 65.5 Å². The van der Waals surface area contributed by atoms with Crippen molar-refractivity contribution in [3.63, 3.8) is 0 Å². The van der Waals surface area contributed by atoms with Gasteiger partial charge in [-0.15, -0.1) is 0 Å². The number of hydrogen-bond donors (Lipinski definition) is 1. The molecule has 0 spiro atoms. The summed E-state index contributed by atoms with van der Waals surface area (Å²) >= 11 is 0. The number of H-pyrrole nitrogens is 1. The molecule has 1 heterocycles. The molecule has 0 aliphatic rings. The molecule has 0 aliphatic heterocycles. The van der Waals surface area contributed by atoms with Crippen LogP contribution in [0, 0.1) is 11.6 Å². The van der Waals surface area contributed by atoms with E-state index in [4.69, 9.17) is 0 Å². The number of fused-ring (bicyclic) bond motifs is 1. The number of imidazole rings is 1. The summed E-state index contributed by atoms with van der Waals surface area (Å²) in [4.78, 5) is 7.22. The highest BCUT2D eigenvalue weighted by atomic mass is 19.2. The molecule has 2 nitrogen and oxygen atoms in total. The molecule has 1 unspecified atom stereocenters. The molecule has 3 rings (SSSR count). The van der Waals surface area contributed by atoms with Crippen LogP contribution in [0.5, 0.6) is 0 Å². The minimum atomic E-state index is -0.903. The first-order valence-corrected chi connectivity index (χ1v) is 6.05. The Balaban J connectivity index is 2.09. The molecule has 0 amide bonds. The third kappa shape index (κ3) is 1.99. The minimum absolute atomic E-state index is 0.00365. The van der Waals surface area contributed by atoms with E-state index in [1.165, 1.54) is 6.07 Å². The van der Waals surface area contributed by atoms with Gasteiger partial charge in [0.15, 0.2) is 11.6 Å². The SMILES string of the molecule is CC(c1ccccc1)c1nc2c(F)c(F)ccc2[nH]1. The van der Waals surface area contributed by atoms with Gasteiger partial charge >= 0.3 is 0 Å². The van der Waals surface area contributed by atoms with Gasteiger partial charge in [-0.3, -0.25) is 0 Å². The summed E-state index contributed by atoms with van der Waals surface area (Å²) in [6.07, 6.45) is 0. The fourth-order valence-electron chi connectivity index (χ4n) is 2.14. The normalized spacial score (nSPS) is 12.8. The quantitative estimate of drug-likeness (QED) is 0.739. The Hall–Kier alpha value is -2.23. The smallest absolute Gasteiger partial charge is 0.186 e. The zero-order chi connectivity index (χ0) is 13.4. The fraction of sp³-hybridized carbons (Fsp3) is 0.133. The molecular formula is C15H12F2N2. The van der Waals surface area contributed by atoms with Crippen LogP contribution in [0.2, 0.25) is 0 Å². The summed E-state index contributed by atoms with van der Waals surface area (Å²) in [6, 6.07) is 12.4. The summed E-state index contributed by atoms with van der Waals surface area (Å²) < 4.78 is 26.8. The van der Waals surface area contributed by atoms with Gasteiger partial charge in [0.05, 0.1) is 5.52 Å². The Bertz CT molecular complexity index is 720. The highest BCUT2D eigenvalue weighted by Crippen LogP contribution is 2.25. The number of aromatic nitrogens is 2. The van der Waals surface area contributed by atoms with Gasteiger partial charge in [0, 0.05) is 5.92 Å². The van der Waals surface area contributed by atoms with Crippen LogP contribution in [0.25, 0.3) is 11.0 Å². The predicted molar refractivity (Wildman–Crippen MR) is 70.0 cm³/mol. The molecular weight excluding hydrogens is 246 g/mol. The third-order valence-electron chi connectivity index (χ3n) is 3.27. The molecule has 0 saturated heterocycles. The van der Waals surface area contributed by atoms with Gasteiger partial charge in [-0.1, -0.05) is 37.3 Å². The van der Waals surface area contributed by atoms with Gasteiger partial charge in [-0.05, 0) is 17.7 Å². The molecule has 96 valence electrons. The lowest BCUT2D eigenvalue weighted by Gasteiger charge is -2.07. The first kappa shape index (κ1) is 11.8. The average molecular weight is 258 g/mol. The molecule has 1 atom stereocenters. The fourth-order valence-corrected chi connectivity index (χ4v) is 2.14. The Labute approximate surface area is 109 Å². The number of hydrogen-bond acceptors (Lipinski definition) is 1. The van der Waals surface area contributed by atoms with Gasteiger partial charge in [-0.2, -0.15) is 0 Å². The van der Waals surface area contributed by atoms with Crippen molar-refractivity contribution in [3.8, 4) is 0 Å². The van der Waals surface area contributed by atoms with Crippen molar-refractivity contribution in [1.29, 1.82) is 0 Å². The van der Waals surface area contributed by atoms with Gasteiger partial charge in [0.25, 0.3) is 0 Å². The van der Waals surface area contributed by atoms with Crippen molar-refractivity contribution >= 4 is 11.0 Å². The van der Waals surface area contributed by atoms with Crippen molar-refractivity contribution in [2.24, 2.45) is 0 Å². The maximum absolute atomic E-state index is 13.6. The zero-order valence-electron chi connectivity index (χ0n) is 10.3. The lowest BCUT2D eigenvalue weighted by Crippen LogP contribution is -1.97. The van der Waals surface area contributed by atoms with Crippen LogP contribution >= 0.6 is 0 Å². The van der Waals surface area contributed by atoms with Gasteiger partial charge in [0.1, 0.15) is 11.3 Å². The van der Waals surface area contributed by atoms with Crippen molar-refractivity contribution in [2.45, 2.75) is 12.8 Å². The van der Waals surface area contributed by atoms with Gasteiger partial charge < -0.3 is 4.98 Å². The number of aromatic amines is 1. The van der Waals surface area contributed by atoms with Crippen LogP contribution in [0.3, 0.4) is 0 Å². The van der Waals surface area contributed by atoms with E-state index in [1.807, 2.05) is 37.3 Å². The topological polar surface area (TPSA) is 28.7 Å². The summed E-state index contributed by atoms with van der Waals surface area (Å²) in [7, 11) is 0. The van der Waals surface area contributed by atoms with Crippen LogP contribution < -0.4 is 0 Å². The Morgan fingerprint density at radius 3 is 2.53 bits per heavy atom. The molecule has 4 heteroatoms. The maximum atomic E-state index is 13.6. The minimum Gasteiger partial charge on any atom is -0.341 e. The van der Waals surface area contributed by atoms with Crippen molar-refractivity contribution < 1.29 is 8.78 Å². The highest BCUT2D eigenvalue weighted by Gasteiger charge is 2.16. The van der Waals surface area contributed by atoms with E-state index >= 15 is 0 Å². The number of halogens is 2. The number of nitrogens with one attached hydrogen (secondary N) is 1. The first-order valence-electron chi connectivity index (χ1n) is 6.05. The number of rotatable bonds is 2. The van der Waals surface area contributed by atoms with Crippen LogP contribution in [0.4, 0.5) is 8.78 Å². The molecule has 19 heavy (non-hydrogen) atoms. The van der Waals surface area contributed by atoms with E-state index in [0.717, 1.165) is 11.6 Å². The summed E-state index contributed by atoms with van der Waals surface area (Å²) in [6.45, 7) is 1.97. The Morgan fingerprint density at radius 1 is 1.05 bits per heavy atom. The van der Waals surface area contributed by atoms with E-state index < -0.39 is 11.6 Å². The highest BCUT2D eigenvalue weighted by molar-refractivity contribution is 5.76. The zero-order valence-corrected chi connectivity index (χ0v) is 10.3. The van der Waals surface area contributed by atoms with Gasteiger partial charge in [-0.25, -0.2) is 13.8 Å². The molecule has 0 aliphatic carbocycles. The van der Waals surface area contributed by atoms with Gasteiger partial charge in [0.2, 0.25) is 0 Å². The summed E-state index contributed by atoms with van der Waals surface area (Å²) in [5.74, 6) is -1.15. The molecule has 0 bridgehead atoms. The molecule has 2 aromatic carbocycles. The largest absolute Gasteiger partial charge is 0.341 e. The second-order valence-electron chi connectivity index (χ2n) is 4.51. The van der Waals surface area contributed by atoms with E-state index in [9.17, 15) is 8.78 Å². The maximum Gasteiger partial charge on any atom is 0.186 e. The molecule has 1 N–H and O–H groups in total. The van der Waals surface area contributed by atoms with Crippen molar-refractivity contribution in [2.75, 3.05) is 0 Å². The first-order chi connectivity index (χ1) is 9.16. The second kappa shape index (κ2) is 4.46. The summed E-state index contributed by atoms with van der Waals surface area (Å²) in [5.41, 5.74) is 1.64. The van der Waals surface area contributed by atoms with E-state index in [0.29, 0.717) is 11.3 Å².